The molecule has 4 heterocycles. The molecule has 0 N–H and O–H groups in total. The number of anilines is 1. The lowest BCUT2D eigenvalue weighted by molar-refractivity contribution is -0.126. The second-order valence-corrected chi connectivity index (χ2v) is 8.01. The summed E-state index contributed by atoms with van der Waals surface area (Å²) in [5, 5.41) is 0.758. The van der Waals surface area contributed by atoms with E-state index in [4.69, 9.17) is 0 Å². The number of aromatic nitrogens is 2. The van der Waals surface area contributed by atoms with Crippen LogP contribution in [0, 0.1) is 11.8 Å². The molecule has 8 heteroatoms. The normalized spacial score (nSPS) is 25.4. The van der Waals surface area contributed by atoms with Crippen LogP contribution in [0.3, 0.4) is 0 Å². The molecule has 0 aromatic carbocycles. The van der Waals surface area contributed by atoms with E-state index in [1.807, 2.05) is 0 Å². The molecule has 0 aliphatic carbocycles. The second kappa shape index (κ2) is 5.84. The molecule has 2 aliphatic heterocycles. The quantitative estimate of drug-likeness (QED) is 0.827. The van der Waals surface area contributed by atoms with Crippen molar-refractivity contribution in [3.05, 3.63) is 17.3 Å². The van der Waals surface area contributed by atoms with Gasteiger partial charge in [-0.2, -0.15) is 13.2 Å². The Bertz CT molecular complexity index is 744. The summed E-state index contributed by atoms with van der Waals surface area (Å²) in [7, 11) is 2.14. The summed E-state index contributed by atoms with van der Waals surface area (Å²) in [4.78, 5) is 14.1. The molecule has 2 atom stereocenters. The lowest BCUT2D eigenvalue weighted by atomic mass is 9.89. The summed E-state index contributed by atoms with van der Waals surface area (Å²) in [5.41, 5.74) is 0. The van der Waals surface area contributed by atoms with Crippen molar-refractivity contribution in [2.45, 2.75) is 19.0 Å². The Hall–Kier alpha value is -1.41. The van der Waals surface area contributed by atoms with Gasteiger partial charge in [-0.25, -0.2) is 9.97 Å². The molecule has 0 spiro atoms. The van der Waals surface area contributed by atoms with Crippen LogP contribution in [0.15, 0.2) is 12.4 Å². The van der Waals surface area contributed by atoms with Crippen LogP contribution in [0.5, 0.6) is 0 Å². The van der Waals surface area contributed by atoms with E-state index in [-0.39, 0.29) is 0 Å². The maximum atomic E-state index is 12.7. The number of hydrogen-bond acceptors (Lipinski definition) is 5. The van der Waals surface area contributed by atoms with E-state index in [1.165, 1.54) is 12.7 Å². The van der Waals surface area contributed by atoms with Gasteiger partial charge >= 0.3 is 6.18 Å². The van der Waals surface area contributed by atoms with E-state index in [0.717, 1.165) is 48.7 Å². The van der Waals surface area contributed by atoms with E-state index < -0.39 is 12.6 Å². The van der Waals surface area contributed by atoms with Crippen LogP contribution in [-0.4, -0.2) is 54.3 Å². The van der Waals surface area contributed by atoms with E-state index in [2.05, 4.69) is 26.8 Å². The summed E-state index contributed by atoms with van der Waals surface area (Å²) in [5.74, 6) is 2.06. The molecule has 2 saturated heterocycles. The zero-order valence-corrected chi connectivity index (χ0v) is 14.2. The van der Waals surface area contributed by atoms with Crippen LogP contribution >= 0.6 is 11.3 Å². The number of piperidine rings is 1. The monoisotopic (exact) mass is 356 g/mol. The molecule has 0 bridgehead atoms. The van der Waals surface area contributed by atoms with Gasteiger partial charge in [-0.15, -0.1) is 11.3 Å². The fourth-order valence-electron chi connectivity index (χ4n) is 3.95. The number of fused-ring (bicyclic) bond motifs is 2. The van der Waals surface area contributed by atoms with Crippen molar-refractivity contribution in [2.75, 3.05) is 38.1 Å². The molecule has 2 unspecified atom stereocenters. The van der Waals surface area contributed by atoms with Crippen LogP contribution < -0.4 is 4.90 Å². The van der Waals surface area contributed by atoms with Gasteiger partial charge in [0.15, 0.2) is 0 Å². The van der Waals surface area contributed by atoms with Crippen LogP contribution in [-0.2, 0) is 6.42 Å². The Labute approximate surface area is 142 Å². The number of thiophene rings is 1. The number of hydrogen-bond donors (Lipinski definition) is 0. The molecule has 0 amide bonds. The van der Waals surface area contributed by atoms with Crippen molar-refractivity contribution in [1.29, 1.82) is 0 Å². The Morgan fingerprint density at radius 1 is 1.21 bits per heavy atom. The molecule has 4 rings (SSSR count). The van der Waals surface area contributed by atoms with Crippen molar-refractivity contribution in [2.24, 2.45) is 11.8 Å². The molecular weight excluding hydrogens is 337 g/mol. The summed E-state index contributed by atoms with van der Waals surface area (Å²) in [6, 6.07) is 1.62. The van der Waals surface area contributed by atoms with Crippen LogP contribution in [0.4, 0.5) is 19.0 Å². The highest BCUT2D eigenvalue weighted by Gasteiger charge is 2.37. The number of halogens is 3. The summed E-state index contributed by atoms with van der Waals surface area (Å²) < 4.78 is 38.0. The van der Waals surface area contributed by atoms with Gasteiger partial charge in [0, 0.05) is 24.5 Å². The van der Waals surface area contributed by atoms with Gasteiger partial charge in [0.1, 0.15) is 17.0 Å². The number of alkyl halides is 3. The van der Waals surface area contributed by atoms with Crippen molar-refractivity contribution in [3.8, 4) is 0 Å². The van der Waals surface area contributed by atoms with E-state index in [0.29, 0.717) is 21.5 Å². The third kappa shape index (κ3) is 3.09. The van der Waals surface area contributed by atoms with Crippen LogP contribution in [0.1, 0.15) is 11.3 Å². The third-order valence-electron chi connectivity index (χ3n) is 5.04. The second-order valence-electron chi connectivity index (χ2n) is 6.90. The van der Waals surface area contributed by atoms with Gasteiger partial charge < -0.3 is 9.80 Å². The molecule has 130 valence electrons. The molecule has 2 fully saturated rings. The summed E-state index contributed by atoms with van der Waals surface area (Å²) >= 11 is 1.12. The number of rotatable bonds is 2. The first-order valence-corrected chi connectivity index (χ1v) is 8.94. The Kier molecular flexibility index (Phi) is 3.91. The van der Waals surface area contributed by atoms with Gasteiger partial charge in [-0.05, 0) is 37.9 Å². The minimum atomic E-state index is -4.19. The largest absolute Gasteiger partial charge is 0.393 e. The highest BCUT2D eigenvalue weighted by atomic mass is 32.1. The minimum absolute atomic E-state index is 0.301. The van der Waals surface area contributed by atoms with E-state index in [1.54, 1.807) is 6.07 Å². The van der Waals surface area contributed by atoms with Crippen LogP contribution in [0.2, 0.25) is 0 Å². The third-order valence-corrected chi connectivity index (χ3v) is 6.08. The van der Waals surface area contributed by atoms with Crippen molar-refractivity contribution in [3.63, 3.8) is 0 Å². The molecule has 4 nitrogen and oxygen atoms in total. The molecule has 2 aromatic rings. The number of nitrogens with zero attached hydrogens (tertiary/aromatic N) is 4. The van der Waals surface area contributed by atoms with Gasteiger partial charge in [0.25, 0.3) is 0 Å². The molecule has 0 radical (unpaired) electrons. The Morgan fingerprint density at radius 2 is 2.00 bits per heavy atom. The molecule has 2 aliphatic rings. The standard InChI is InChI=1S/C16H19F3N4S/c1-22-3-2-10-7-23(8-11(10)6-22)14-13-4-12(5-16(17,18)19)24-15(13)21-9-20-14/h4,9-11H,2-3,5-8H2,1H3. The number of likely N-dealkylation sites (tertiary alicyclic amines) is 1. The zero-order chi connectivity index (χ0) is 16.9. The molecule has 24 heavy (non-hydrogen) atoms. The molecule has 2 aromatic heterocycles. The zero-order valence-electron chi connectivity index (χ0n) is 13.4. The SMILES string of the molecule is CN1CCC2CN(c3ncnc4sc(CC(F)(F)F)cc34)CC2C1. The minimum Gasteiger partial charge on any atom is -0.355 e. The smallest absolute Gasteiger partial charge is 0.355 e. The topological polar surface area (TPSA) is 32.3 Å². The summed E-state index contributed by atoms with van der Waals surface area (Å²) in [6.45, 7) is 4.06. The van der Waals surface area contributed by atoms with Gasteiger partial charge in [0.2, 0.25) is 0 Å². The fraction of sp³-hybridized carbons (Fsp3) is 0.625. The molecular formula is C16H19F3N4S. The van der Waals surface area contributed by atoms with Gasteiger partial charge in [-0.1, -0.05) is 0 Å². The van der Waals surface area contributed by atoms with Gasteiger partial charge in [0.05, 0.1) is 11.8 Å². The first kappa shape index (κ1) is 16.1. The highest BCUT2D eigenvalue weighted by Crippen LogP contribution is 2.38. The van der Waals surface area contributed by atoms with Crippen molar-refractivity contribution in [1.82, 2.24) is 14.9 Å². The average molecular weight is 356 g/mol. The lowest BCUT2D eigenvalue weighted by Crippen LogP contribution is -2.37. The summed E-state index contributed by atoms with van der Waals surface area (Å²) in [6.07, 6.45) is -2.44. The van der Waals surface area contributed by atoms with E-state index >= 15 is 0 Å². The first-order valence-electron chi connectivity index (χ1n) is 8.13. The molecule has 0 saturated carbocycles. The average Bonchev–Trinajstić information content (AvgIpc) is 3.07. The van der Waals surface area contributed by atoms with Crippen molar-refractivity contribution < 1.29 is 13.2 Å². The van der Waals surface area contributed by atoms with Crippen LogP contribution in [0.25, 0.3) is 10.2 Å². The van der Waals surface area contributed by atoms with Crippen molar-refractivity contribution >= 4 is 27.4 Å². The maximum Gasteiger partial charge on any atom is 0.393 e. The highest BCUT2D eigenvalue weighted by molar-refractivity contribution is 7.18. The maximum absolute atomic E-state index is 12.7. The first-order chi connectivity index (χ1) is 11.4. The Morgan fingerprint density at radius 3 is 2.79 bits per heavy atom. The predicted octanol–water partition coefficient (Wildman–Crippen LogP) is 3.18. The predicted molar refractivity (Wildman–Crippen MR) is 88.5 cm³/mol. The lowest BCUT2D eigenvalue weighted by Gasteiger charge is -2.31. The Balaban J connectivity index is 1.62. The van der Waals surface area contributed by atoms with Gasteiger partial charge in [-0.3, -0.25) is 0 Å². The van der Waals surface area contributed by atoms with E-state index in [9.17, 15) is 13.2 Å². The fourth-order valence-corrected chi connectivity index (χ4v) is 4.97.